The van der Waals surface area contributed by atoms with Crippen LogP contribution in [0.2, 0.25) is 0 Å². The van der Waals surface area contributed by atoms with Gasteiger partial charge in [0.1, 0.15) is 11.9 Å². The molecule has 0 unspecified atom stereocenters. The minimum atomic E-state index is -0.282. The fourth-order valence-corrected chi connectivity index (χ4v) is 2.75. The first kappa shape index (κ1) is 17.6. The summed E-state index contributed by atoms with van der Waals surface area (Å²) in [6.45, 7) is 1.52. The topological polar surface area (TPSA) is 64.8 Å². The SMILES string of the molecule is CN(C)CCCOc1cc(C(=O)OC2CCCCC2)ccc1N. The maximum atomic E-state index is 12.3. The number of carbonyl (C=O) groups excluding carboxylic acids is 1. The van der Waals surface area contributed by atoms with E-state index in [1.165, 1.54) is 6.42 Å². The van der Waals surface area contributed by atoms with Crippen LogP contribution in [0.25, 0.3) is 0 Å². The Morgan fingerprint density at radius 1 is 1.26 bits per heavy atom. The molecule has 0 bridgehead atoms. The van der Waals surface area contributed by atoms with Gasteiger partial charge in [-0.15, -0.1) is 0 Å². The summed E-state index contributed by atoms with van der Waals surface area (Å²) in [6, 6.07) is 5.10. The quantitative estimate of drug-likeness (QED) is 0.475. The molecule has 2 rings (SSSR count). The fraction of sp³-hybridized carbons (Fsp3) is 0.611. The number of carbonyl (C=O) groups is 1. The number of rotatable bonds is 7. The Hall–Kier alpha value is -1.75. The lowest BCUT2D eigenvalue weighted by Gasteiger charge is -2.22. The molecule has 1 aliphatic carbocycles. The van der Waals surface area contributed by atoms with Gasteiger partial charge in [-0.3, -0.25) is 0 Å². The maximum Gasteiger partial charge on any atom is 0.338 e. The van der Waals surface area contributed by atoms with Crippen LogP contribution in [0.5, 0.6) is 5.75 Å². The zero-order chi connectivity index (χ0) is 16.7. The molecular weight excluding hydrogens is 292 g/mol. The van der Waals surface area contributed by atoms with E-state index in [1.54, 1.807) is 18.2 Å². The molecule has 1 fully saturated rings. The van der Waals surface area contributed by atoms with E-state index in [9.17, 15) is 4.79 Å². The molecule has 0 atom stereocenters. The number of nitrogens with zero attached hydrogens (tertiary/aromatic N) is 1. The Balaban J connectivity index is 1.91. The fourth-order valence-electron chi connectivity index (χ4n) is 2.75. The van der Waals surface area contributed by atoms with Crippen molar-refractivity contribution in [3.8, 4) is 5.75 Å². The van der Waals surface area contributed by atoms with Gasteiger partial charge in [0.25, 0.3) is 0 Å². The van der Waals surface area contributed by atoms with Crippen molar-refractivity contribution in [2.75, 3.05) is 33.0 Å². The summed E-state index contributed by atoms with van der Waals surface area (Å²) in [5.41, 5.74) is 6.98. The molecular formula is C18H28N2O3. The Bertz CT molecular complexity index is 511. The molecule has 0 spiro atoms. The van der Waals surface area contributed by atoms with Gasteiger partial charge in [-0.1, -0.05) is 6.42 Å². The molecule has 0 heterocycles. The molecule has 0 amide bonds. The first-order valence-electron chi connectivity index (χ1n) is 8.44. The van der Waals surface area contributed by atoms with Crippen LogP contribution in [0.1, 0.15) is 48.9 Å². The van der Waals surface area contributed by atoms with Crippen molar-refractivity contribution in [3.05, 3.63) is 23.8 Å². The van der Waals surface area contributed by atoms with E-state index in [1.807, 2.05) is 14.1 Å². The van der Waals surface area contributed by atoms with Crippen LogP contribution in [0.3, 0.4) is 0 Å². The number of hydrogen-bond acceptors (Lipinski definition) is 5. The lowest BCUT2D eigenvalue weighted by Crippen LogP contribution is -2.21. The van der Waals surface area contributed by atoms with Gasteiger partial charge in [0.15, 0.2) is 0 Å². The second-order valence-electron chi connectivity index (χ2n) is 6.42. The van der Waals surface area contributed by atoms with Crippen LogP contribution in [0.15, 0.2) is 18.2 Å². The van der Waals surface area contributed by atoms with Crippen LogP contribution >= 0.6 is 0 Å². The van der Waals surface area contributed by atoms with Crippen LogP contribution in [0.4, 0.5) is 5.69 Å². The van der Waals surface area contributed by atoms with Crippen molar-refractivity contribution in [1.82, 2.24) is 4.90 Å². The van der Waals surface area contributed by atoms with E-state index in [0.717, 1.165) is 38.6 Å². The average molecular weight is 320 g/mol. The van der Waals surface area contributed by atoms with Crippen molar-refractivity contribution >= 4 is 11.7 Å². The Morgan fingerprint density at radius 3 is 2.70 bits per heavy atom. The second kappa shape index (κ2) is 8.77. The Morgan fingerprint density at radius 2 is 2.00 bits per heavy atom. The molecule has 0 radical (unpaired) electrons. The number of benzene rings is 1. The minimum Gasteiger partial charge on any atom is -0.491 e. The molecule has 23 heavy (non-hydrogen) atoms. The monoisotopic (exact) mass is 320 g/mol. The summed E-state index contributed by atoms with van der Waals surface area (Å²) in [5, 5.41) is 0. The molecule has 0 aromatic heterocycles. The molecule has 5 heteroatoms. The van der Waals surface area contributed by atoms with E-state index >= 15 is 0 Å². The molecule has 2 N–H and O–H groups in total. The highest BCUT2D eigenvalue weighted by atomic mass is 16.5. The largest absolute Gasteiger partial charge is 0.491 e. The standard InChI is InChI=1S/C18H28N2O3/c1-20(2)11-6-12-22-17-13-14(9-10-16(17)19)18(21)23-15-7-4-3-5-8-15/h9-10,13,15H,3-8,11-12,19H2,1-2H3. The third-order valence-electron chi connectivity index (χ3n) is 4.08. The van der Waals surface area contributed by atoms with Crippen molar-refractivity contribution in [2.24, 2.45) is 0 Å². The lowest BCUT2D eigenvalue weighted by molar-refractivity contribution is 0.0211. The average Bonchev–Trinajstić information content (AvgIpc) is 2.53. The summed E-state index contributed by atoms with van der Waals surface area (Å²) >= 11 is 0. The van der Waals surface area contributed by atoms with Crippen molar-refractivity contribution in [1.29, 1.82) is 0 Å². The molecule has 0 aliphatic heterocycles. The van der Waals surface area contributed by atoms with E-state index in [2.05, 4.69) is 4.90 Å². The summed E-state index contributed by atoms with van der Waals surface area (Å²) in [7, 11) is 4.05. The third-order valence-corrected chi connectivity index (χ3v) is 4.08. The van der Waals surface area contributed by atoms with E-state index in [-0.39, 0.29) is 12.1 Å². The van der Waals surface area contributed by atoms with Gasteiger partial charge in [-0.25, -0.2) is 4.79 Å². The summed E-state index contributed by atoms with van der Waals surface area (Å²) < 4.78 is 11.3. The number of nitrogen functional groups attached to an aromatic ring is 1. The third kappa shape index (κ3) is 5.75. The molecule has 1 aromatic rings. The Labute approximate surface area is 138 Å². The zero-order valence-electron chi connectivity index (χ0n) is 14.2. The van der Waals surface area contributed by atoms with Gasteiger partial charge in [0.2, 0.25) is 0 Å². The van der Waals surface area contributed by atoms with Gasteiger partial charge >= 0.3 is 5.97 Å². The van der Waals surface area contributed by atoms with Gasteiger partial charge in [0.05, 0.1) is 17.9 Å². The van der Waals surface area contributed by atoms with Crippen molar-refractivity contribution in [3.63, 3.8) is 0 Å². The van der Waals surface area contributed by atoms with Crippen LogP contribution < -0.4 is 10.5 Å². The Kier molecular flexibility index (Phi) is 6.71. The molecule has 0 saturated heterocycles. The van der Waals surface area contributed by atoms with Gasteiger partial charge in [-0.2, -0.15) is 0 Å². The summed E-state index contributed by atoms with van der Waals surface area (Å²) in [4.78, 5) is 14.4. The highest BCUT2D eigenvalue weighted by molar-refractivity contribution is 5.90. The van der Waals surface area contributed by atoms with Gasteiger partial charge in [0, 0.05) is 6.54 Å². The number of hydrogen-bond donors (Lipinski definition) is 1. The number of esters is 1. The van der Waals surface area contributed by atoms with E-state index < -0.39 is 0 Å². The molecule has 128 valence electrons. The predicted octanol–water partition coefficient (Wildman–Crippen LogP) is 3.09. The molecule has 1 aliphatic rings. The van der Waals surface area contributed by atoms with Gasteiger partial charge < -0.3 is 20.1 Å². The predicted molar refractivity (Wildman–Crippen MR) is 91.8 cm³/mol. The highest BCUT2D eigenvalue weighted by Gasteiger charge is 2.19. The van der Waals surface area contributed by atoms with E-state index in [0.29, 0.717) is 23.6 Å². The highest BCUT2D eigenvalue weighted by Crippen LogP contribution is 2.25. The van der Waals surface area contributed by atoms with Gasteiger partial charge in [-0.05, 0) is 64.4 Å². The van der Waals surface area contributed by atoms with Crippen LogP contribution in [-0.2, 0) is 4.74 Å². The first-order chi connectivity index (χ1) is 11.1. The van der Waals surface area contributed by atoms with Crippen molar-refractivity contribution < 1.29 is 14.3 Å². The zero-order valence-corrected chi connectivity index (χ0v) is 14.2. The van der Waals surface area contributed by atoms with Crippen LogP contribution in [0, 0.1) is 0 Å². The normalized spacial score (nSPS) is 15.6. The smallest absolute Gasteiger partial charge is 0.338 e. The molecule has 5 nitrogen and oxygen atoms in total. The van der Waals surface area contributed by atoms with Crippen LogP contribution in [-0.4, -0.2) is 44.2 Å². The van der Waals surface area contributed by atoms with E-state index in [4.69, 9.17) is 15.2 Å². The number of nitrogens with two attached hydrogens (primary N) is 1. The maximum absolute atomic E-state index is 12.3. The summed E-state index contributed by atoms with van der Waals surface area (Å²) in [5.74, 6) is 0.275. The summed E-state index contributed by atoms with van der Waals surface area (Å²) in [6.07, 6.45) is 6.41. The minimum absolute atomic E-state index is 0.0539. The van der Waals surface area contributed by atoms with Crippen molar-refractivity contribution in [2.45, 2.75) is 44.6 Å². The number of ether oxygens (including phenoxy) is 2. The number of anilines is 1. The molecule has 1 aromatic carbocycles. The first-order valence-corrected chi connectivity index (χ1v) is 8.44. The molecule has 1 saturated carbocycles. The lowest BCUT2D eigenvalue weighted by atomic mass is 9.98. The second-order valence-corrected chi connectivity index (χ2v) is 6.42.